The predicted octanol–water partition coefficient (Wildman–Crippen LogP) is 4.10. The van der Waals surface area contributed by atoms with Crippen molar-refractivity contribution in [1.29, 1.82) is 0 Å². The van der Waals surface area contributed by atoms with Gasteiger partial charge in [-0.2, -0.15) is 13.2 Å². The quantitative estimate of drug-likeness (QED) is 0.633. The van der Waals surface area contributed by atoms with Crippen LogP contribution >= 0.6 is 0 Å². The van der Waals surface area contributed by atoms with Crippen molar-refractivity contribution in [3.05, 3.63) is 75.5 Å². The Morgan fingerprint density at radius 3 is 2.37 bits per heavy atom. The molecule has 0 aliphatic rings. The van der Waals surface area contributed by atoms with Crippen LogP contribution in [-0.4, -0.2) is 25.7 Å². The van der Waals surface area contributed by atoms with E-state index in [1.807, 2.05) is 0 Å². The number of H-pyrrole nitrogens is 1. The zero-order valence-electron chi connectivity index (χ0n) is 16.5. The number of aryl methyl sites for hydroxylation is 1. The molecule has 0 aliphatic carbocycles. The molecule has 0 saturated heterocycles. The number of nitrogens with zero attached hydrogens (tertiary/aromatic N) is 3. The molecule has 156 valence electrons. The minimum absolute atomic E-state index is 0.0508. The second-order valence-corrected chi connectivity index (χ2v) is 7.56. The molecule has 0 fully saturated rings. The molecule has 9 heteroatoms. The summed E-state index contributed by atoms with van der Waals surface area (Å²) in [6, 6.07) is 6.15. The van der Waals surface area contributed by atoms with Crippen LogP contribution in [0.5, 0.6) is 0 Å². The van der Waals surface area contributed by atoms with E-state index in [9.17, 15) is 22.8 Å². The van der Waals surface area contributed by atoms with Crippen molar-refractivity contribution in [2.75, 3.05) is 0 Å². The number of alkyl halides is 3. The zero-order valence-corrected chi connectivity index (χ0v) is 16.5. The number of hydrogen-bond acceptors (Lipinski definition) is 5. The summed E-state index contributed by atoms with van der Waals surface area (Å²) in [4.78, 5) is 39.5. The van der Waals surface area contributed by atoms with Crippen LogP contribution in [0.1, 0.15) is 47.4 Å². The molecular formula is C21H19F3N4O2. The van der Waals surface area contributed by atoms with Crippen LogP contribution in [-0.2, 0) is 11.6 Å². The van der Waals surface area contributed by atoms with Crippen LogP contribution < -0.4 is 5.56 Å². The third-order valence-electron chi connectivity index (χ3n) is 4.69. The molecule has 0 amide bonds. The van der Waals surface area contributed by atoms with Gasteiger partial charge >= 0.3 is 6.18 Å². The fourth-order valence-corrected chi connectivity index (χ4v) is 3.31. The SMILES string of the molecule is Cc1cc(C(F)(F)F)ccc1C(C)(C)CC(=O)c1cc(=O)[nH]c(-c2ncccn2)n1. The molecule has 0 radical (unpaired) electrons. The number of Topliss-reactive ketones (excluding diaryl/α,β-unsaturated/α-hetero) is 1. The lowest BCUT2D eigenvalue weighted by atomic mass is 9.77. The maximum atomic E-state index is 12.9. The number of aromatic amines is 1. The lowest BCUT2D eigenvalue weighted by molar-refractivity contribution is -0.137. The lowest BCUT2D eigenvalue weighted by Gasteiger charge is -2.27. The van der Waals surface area contributed by atoms with Crippen molar-refractivity contribution in [1.82, 2.24) is 19.9 Å². The van der Waals surface area contributed by atoms with Gasteiger partial charge in [0.05, 0.1) is 5.56 Å². The Morgan fingerprint density at radius 1 is 1.10 bits per heavy atom. The number of hydrogen-bond donors (Lipinski definition) is 1. The molecule has 30 heavy (non-hydrogen) atoms. The number of ketones is 1. The molecule has 1 N–H and O–H groups in total. The standard InChI is InChI=1S/C21H19F3N4O2/c1-12-9-13(21(22,23)24)5-6-14(12)20(2,3)11-16(29)15-10-17(30)28-19(27-15)18-25-7-4-8-26-18/h4-10H,11H2,1-3H3,(H,27,28,30). The molecule has 0 unspecified atom stereocenters. The molecular weight excluding hydrogens is 397 g/mol. The number of carbonyl (C=O) groups is 1. The summed E-state index contributed by atoms with van der Waals surface area (Å²) in [5.41, 5.74) is -1.06. The fraction of sp³-hybridized carbons (Fsp3) is 0.286. The molecule has 2 heterocycles. The maximum Gasteiger partial charge on any atom is 0.416 e. The highest BCUT2D eigenvalue weighted by Crippen LogP contribution is 2.35. The van der Waals surface area contributed by atoms with Crippen molar-refractivity contribution in [3.8, 4) is 11.6 Å². The lowest BCUT2D eigenvalue weighted by Crippen LogP contribution is -2.25. The van der Waals surface area contributed by atoms with Gasteiger partial charge in [-0.15, -0.1) is 0 Å². The van der Waals surface area contributed by atoms with E-state index in [1.54, 1.807) is 26.8 Å². The van der Waals surface area contributed by atoms with E-state index in [0.29, 0.717) is 11.1 Å². The van der Waals surface area contributed by atoms with E-state index in [0.717, 1.165) is 18.2 Å². The second-order valence-electron chi connectivity index (χ2n) is 7.56. The summed E-state index contributed by atoms with van der Waals surface area (Å²) in [5.74, 6) is -0.181. The molecule has 6 nitrogen and oxygen atoms in total. The molecule has 0 atom stereocenters. The summed E-state index contributed by atoms with van der Waals surface area (Å²) in [7, 11) is 0. The summed E-state index contributed by atoms with van der Waals surface area (Å²) >= 11 is 0. The number of rotatable bonds is 5. The van der Waals surface area contributed by atoms with Crippen LogP contribution in [0.15, 0.2) is 47.5 Å². The number of halogens is 3. The zero-order chi connectivity index (χ0) is 22.1. The molecule has 0 aliphatic heterocycles. The summed E-state index contributed by atoms with van der Waals surface area (Å²) < 4.78 is 38.8. The van der Waals surface area contributed by atoms with Crippen LogP contribution in [0.25, 0.3) is 11.6 Å². The molecule has 3 rings (SSSR count). The van der Waals surface area contributed by atoms with E-state index < -0.39 is 28.5 Å². The Morgan fingerprint density at radius 2 is 1.77 bits per heavy atom. The van der Waals surface area contributed by atoms with E-state index in [-0.39, 0.29) is 23.8 Å². The van der Waals surface area contributed by atoms with Crippen molar-refractivity contribution >= 4 is 5.78 Å². The first kappa shape index (κ1) is 21.4. The fourth-order valence-electron chi connectivity index (χ4n) is 3.31. The summed E-state index contributed by atoms with van der Waals surface area (Å²) in [6.07, 6.45) is -1.53. The third kappa shape index (κ3) is 4.61. The van der Waals surface area contributed by atoms with Gasteiger partial charge < -0.3 is 4.98 Å². The highest BCUT2D eigenvalue weighted by Gasteiger charge is 2.33. The van der Waals surface area contributed by atoms with E-state index in [4.69, 9.17) is 0 Å². The van der Waals surface area contributed by atoms with E-state index >= 15 is 0 Å². The van der Waals surface area contributed by atoms with Crippen LogP contribution in [0, 0.1) is 6.92 Å². The minimum atomic E-state index is -4.44. The monoisotopic (exact) mass is 416 g/mol. The van der Waals surface area contributed by atoms with Gasteiger partial charge in [0.25, 0.3) is 5.56 Å². The Labute approximate surface area is 170 Å². The number of nitrogens with one attached hydrogen (secondary N) is 1. The third-order valence-corrected chi connectivity index (χ3v) is 4.69. The Hall–Kier alpha value is -3.36. The van der Waals surface area contributed by atoms with Crippen molar-refractivity contribution in [2.45, 2.75) is 38.8 Å². The van der Waals surface area contributed by atoms with Gasteiger partial charge in [0.1, 0.15) is 5.69 Å². The first-order valence-corrected chi connectivity index (χ1v) is 9.08. The Bertz CT molecular complexity index is 1140. The predicted molar refractivity (Wildman–Crippen MR) is 104 cm³/mol. The van der Waals surface area contributed by atoms with Gasteiger partial charge in [-0.25, -0.2) is 15.0 Å². The summed E-state index contributed by atoms with van der Waals surface area (Å²) in [6.45, 7) is 5.09. The topological polar surface area (TPSA) is 88.6 Å². The van der Waals surface area contributed by atoms with Crippen LogP contribution in [0.3, 0.4) is 0 Å². The second kappa shape index (κ2) is 7.81. The average molecular weight is 416 g/mol. The van der Waals surface area contributed by atoms with Gasteiger partial charge in [-0.1, -0.05) is 19.9 Å². The highest BCUT2D eigenvalue weighted by molar-refractivity contribution is 5.95. The molecule has 3 aromatic rings. The van der Waals surface area contributed by atoms with E-state index in [2.05, 4.69) is 19.9 Å². The Balaban J connectivity index is 1.90. The number of carbonyl (C=O) groups excluding carboxylic acids is 1. The molecule has 0 bridgehead atoms. The van der Waals surface area contributed by atoms with Crippen molar-refractivity contribution < 1.29 is 18.0 Å². The molecule has 0 saturated carbocycles. The number of benzene rings is 1. The van der Waals surface area contributed by atoms with E-state index in [1.165, 1.54) is 18.5 Å². The van der Waals surface area contributed by atoms with Crippen LogP contribution in [0.2, 0.25) is 0 Å². The minimum Gasteiger partial charge on any atom is -0.304 e. The summed E-state index contributed by atoms with van der Waals surface area (Å²) in [5, 5.41) is 0. The van der Waals surface area contributed by atoms with Crippen LogP contribution in [0.4, 0.5) is 13.2 Å². The normalized spacial score (nSPS) is 12.1. The van der Waals surface area contributed by atoms with Gasteiger partial charge in [0, 0.05) is 24.9 Å². The largest absolute Gasteiger partial charge is 0.416 e. The highest BCUT2D eigenvalue weighted by atomic mass is 19.4. The number of aromatic nitrogens is 4. The smallest absolute Gasteiger partial charge is 0.304 e. The molecule has 0 spiro atoms. The first-order chi connectivity index (χ1) is 14.0. The molecule has 1 aromatic carbocycles. The molecule has 2 aromatic heterocycles. The van der Waals surface area contributed by atoms with Gasteiger partial charge in [0.2, 0.25) is 0 Å². The van der Waals surface area contributed by atoms with Gasteiger partial charge in [-0.05, 0) is 41.7 Å². The average Bonchev–Trinajstić information content (AvgIpc) is 2.67. The van der Waals surface area contributed by atoms with Gasteiger partial charge in [-0.3, -0.25) is 9.59 Å². The van der Waals surface area contributed by atoms with Crippen molar-refractivity contribution in [3.63, 3.8) is 0 Å². The Kier molecular flexibility index (Phi) is 5.56. The first-order valence-electron chi connectivity index (χ1n) is 9.08. The maximum absolute atomic E-state index is 12.9. The van der Waals surface area contributed by atoms with Crippen molar-refractivity contribution in [2.24, 2.45) is 0 Å². The van der Waals surface area contributed by atoms with Gasteiger partial charge in [0.15, 0.2) is 17.4 Å².